The molecule has 28 heavy (non-hydrogen) atoms. The number of aryl methyl sites for hydroxylation is 2. The molecule has 0 aliphatic carbocycles. The number of hydrogen-bond donors (Lipinski definition) is 3. The van der Waals surface area contributed by atoms with Gasteiger partial charge in [-0.2, -0.15) is 17.9 Å². The summed E-state index contributed by atoms with van der Waals surface area (Å²) in [5.41, 5.74) is -3.37. The van der Waals surface area contributed by atoms with Gasteiger partial charge in [0.05, 0.1) is 0 Å². The molecule has 1 aromatic heterocycles. The Hall–Kier alpha value is -2.44. The molecule has 154 valence electrons. The van der Waals surface area contributed by atoms with Crippen LogP contribution in [0.1, 0.15) is 23.0 Å². The predicted octanol–water partition coefficient (Wildman–Crippen LogP) is 2.27. The van der Waals surface area contributed by atoms with Crippen molar-refractivity contribution in [1.82, 2.24) is 9.29 Å². The molecule has 2 aromatic rings. The van der Waals surface area contributed by atoms with Gasteiger partial charge in [-0.15, -0.1) is 0 Å². The summed E-state index contributed by atoms with van der Waals surface area (Å²) in [5, 5.41) is 11.8. The van der Waals surface area contributed by atoms with E-state index in [9.17, 15) is 35.9 Å². The highest BCUT2D eigenvalue weighted by molar-refractivity contribution is 7.89. The van der Waals surface area contributed by atoms with Crippen molar-refractivity contribution in [1.29, 1.82) is 0 Å². The number of hydrogen-bond acceptors (Lipinski definition) is 4. The van der Waals surface area contributed by atoms with Gasteiger partial charge in [-0.3, -0.25) is 4.79 Å². The highest BCUT2D eigenvalue weighted by atomic mass is 32.2. The number of aromatic nitrogens is 1. The molecule has 1 aromatic carbocycles. The highest BCUT2D eigenvalue weighted by Gasteiger charge is 2.52. The topological polar surface area (TPSA) is 100 Å². The molecule has 1 amide bonds. The lowest BCUT2D eigenvalue weighted by atomic mass is 10.2. The van der Waals surface area contributed by atoms with Crippen LogP contribution < -0.4 is 10.0 Å². The fraction of sp³-hybridized carbons (Fsp3) is 0.312. The minimum Gasteiger partial charge on any atom is -0.367 e. The maximum absolute atomic E-state index is 13.3. The maximum Gasteiger partial charge on any atom is 0.431 e. The Morgan fingerprint density at radius 1 is 1.21 bits per heavy atom. The van der Waals surface area contributed by atoms with E-state index in [4.69, 9.17) is 0 Å². The molecule has 0 fully saturated rings. The number of benzene rings is 1. The van der Waals surface area contributed by atoms with Crippen LogP contribution in [-0.4, -0.2) is 35.9 Å². The second-order valence-electron chi connectivity index (χ2n) is 6.27. The summed E-state index contributed by atoms with van der Waals surface area (Å²) < 4.78 is 78.0. The van der Waals surface area contributed by atoms with Gasteiger partial charge in [-0.05, 0) is 43.7 Å². The third-order valence-corrected chi connectivity index (χ3v) is 5.33. The largest absolute Gasteiger partial charge is 0.431 e. The molecular weight excluding hydrogens is 406 g/mol. The summed E-state index contributed by atoms with van der Waals surface area (Å²) >= 11 is 0. The van der Waals surface area contributed by atoms with Crippen molar-refractivity contribution >= 4 is 21.6 Å². The lowest BCUT2D eigenvalue weighted by molar-refractivity contribution is -0.257. The first-order valence-electron chi connectivity index (χ1n) is 7.71. The first-order chi connectivity index (χ1) is 12.6. The molecule has 0 spiro atoms. The Labute approximate surface area is 158 Å². The number of aliphatic hydroxyl groups is 1. The molecule has 0 saturated carbocycles. The molecule has 0 aliphatic rings. The summed E-state index contributed by atoms with van der Waals surface area (Å²) in [7, 11) is -3.48. The van der Waals surface area contributed by atoms with E-state index in [-0.39, 0.29) is 23.9 Å². The Morgan fingerprint density at radius 3 is 2.36 bits per heavy atom. The van der Waals surface area contributed by atoms with Gasteiger partial charge in [-0.1, -0.05) is 0 Å². The van der Waals surface area contributed by atoms with Crippen molar-refractivity contribution in [2.75, 3.05) is 5.32 Å². The van der Waals surface area contributed by atoms with Crippen LogP contribution in [-0.2, 0) is 17.1 Å². The van der Waals surface area contributed by atoms with Crippen molar-refractivity contribution < 1.29 is 35.9 Å². The highest BCUT2D eigenvalue weighted by Crippen LogP contribution is 2.29. The predicted molar refractivity (Wildman–Crippen MR) is 91.5 cm³/mol. The summed E-state index contributed by atoms with van der Waals surface area (Å²) in [6, 6.07) is 4.63. The minimum absolute atomic E-state index is 0.186. The van der Waals surface area contributed by atoms with Crippen molar-refractivity contribution in [3.05, 3.63) is 47.5 Å². The number of halogens is 4. The van der Waals surface area contributed by atoms with Crippen molar-refractivity contribution in [3.8, 4) is 0 Å². The third kappa shape index (κ3) is 4.51. The van der Waals surface area contributed by atoms with Crippen LogP contribution in [0.3, 0.4) is 0 Å². The number of carbonyl (C=O) groups excluding carboxylic acids is 1. The summed E-state index contributed by atoms with van der Waals surface area (Å²) in [5.74, 6) is -1.24. The zero-order valence-corrected chi connectivity index (χ0v) is 15.7. The fourth-order valence-corrected chi connectivity index (χ4v) is 3.52. The van der Waals surface area contributed by atoms with E-state index in [1.54, 1.807) is 0 Å². The van der Waals surface area contributed by atoms with Crippen molar-refractivity contribution in [2.24, 2.45) is 7.05 Å². The molecule has 0 saturated heterocycles. The number of anilines is 1. The molecule has 3 N–H and O–H groups in total. The molecule has 0 radical (unpaired) electrons. The van der Waals surface area contributed by atoms with Gasteiger partial charge in [0.15, 0.2) is 0 Å². The second kappa shape index (κ2) is 7.18. The molecule has 1 atom stereocenters. The lowest BCUT2D eigenvalue weighted by Gasteiger charge is -2.26. The Balaban J connectivity index is 2.28. The average Bonchev–Trinajstić information content (AvgIpc) is 2.92. The molecular formula is C16H17F4N3O4S. The lowest BCUT2D eigenvalue weighted by Crippen LogP contribution is -2.56. The van der Waals surface area contributed by atoms with Crippen LogP contribution in [0.4, 0.5) is 23.2 Å². The minimum atomic E-state index is -5.25. The van der Waals surface area contributed by atoms with E-state index in [0.29, 0.717) is 0 Å². The van der Waals surface area contributed by atoms with E-state index in [0.717, 1.165) is 27.6 Å². The zero-order valence-electron chi connectivity index (χ0n) is 14.9. The number of amides is 1. The number of rotatable bonds is 5. The van der Waals surface area contributed by atoms with Gasteiger partial charge in [-0.25, -0.2) is 12.8 Å². The second-order valence-corrected chi connectivity index (χ2v) is 7.95. The van der Waals surface area contributed by atoms with E-state index >= 15 is 0 Å². The molecule has 7 nitrogen and oxygen atoms in total. The van der Waals surface area contributed by atoms with Gasteiger partial charge in [0.2, 0.25) is 15.7 Å². The normalized spacial score (nSPS) is 14.6. The Morgan fingerprint density at radius 2 is 1.82 bits per heavy atom. The van der Waals surface area contributed by atoms with E-state index < -0.39 is 38.5 Å². The van der Waals surface area contributed by atoms with Gasteiger partial charge in [0, 0.05) is 18.9 Å². The van der Waals surface area contributed by atoms with Crippen LogP contribution >= 0.6 is 0 Å². The average molecular weight is 423 g/mol. The number of nitrogens with zero attached hydrogens (tertiary/aromatic N) is 1. The van der Waals surface area contributed by atoms with E-state index in [1.807, 2.05) is 0 Å². The molecule has 0 aliphatic heterocycles. The summed E-state index contributed by atoms with van der Waals surface area (Å²) in [4.78, 5) is 11.7. The van der Waals surface area contributed by atoms with Crippen LogP contribution in [0.25, 0.3) is 0 Å². The smallest absolute Gasteiger partial charge is 0.367 e. The summed E-state index contributed by atoms with van der Waals surface area (Å²) in [6.07, 6.45) is -4.34. The van der Waals surface area contributed by atoms with Crippen LogP contribution in [0.2, 0.25) is 0 Å². The van der Waals surface area contributed by atoms with E-state index in [2.05, 4.69) is 5.32 Å². The number of carbonyl (C=O) groups is 1. The first kappa shape index (κ1) is 21.9. The fourth-order valence-electron chi connectivity index (χ4n) is 2.20. The number of alkyl halides is 3. The molecule has 1 heterocycles. The monoisotopic (exact) mass is 423 g/mol. The van der Waals surface area contributed by atoms with E-state index in [1.165, 1.54) is 26.1 Å². The first-order valence-corrected chi connectivity index (χ1v) is 9.19. The molecule has 0 bridgehead atoms. The number of nitrogens with one attached hydrogen (secondary N) is 2. The van der Waals surface area contributed by atoms with Gasteiger partial charge in [0.1, 0.15) is 16.4 Å². The molecule has 2 rings (SSSR count). The summed E-state index contributed by atoms with van der Waals surface area (Å²) in [6.45, 7) is 1.73. The molecule has 0 unspecified atom stereocenters. The van der Waals surface area contributed by atoms with Crippen LogP contribution in [0.5, 0.6) is 0 Å². The zero-order chi connectivity index (χ0) is 21.5. The van der Waals surface area contributed by atoms with Crippen LogP contribution in [0, 0.1) is 12.7 Å². The Bertz CT molecular complexity index is 1010. The van der Waals surface area contributed by atoms with Gasteiger partial charge in [0.25, 0.3) is 5.91 Å². The van der Waals surface area contributed by atoms with Crippen molar-refractivity contribution in [2.45, 2.75) is 30.6 Å². The van der Waals surface area contributed by atoms with Crippen LogP contribution in [0.15, 0.2) is 35.4 Å². The molecule has 12 heteroatoms. The Kier molecular flexibility index (Phi) is 5.61. The van der Waals surface area contributed by atoms with Gasteiger partial charge < -0.3 is 15.0 Å². The maximum atomic E-state index is 13.3. The quantitative estimate of drug-likeness (QED) is 0.507. The van der Waals surface area contributed by atoms with Crippen molar-refractivity contribution in [3.63, 3.8) is 0 Å². The SMILES string of the molecule is Cc1cc(NC(=O)c2cc(S(=O)(=O)N[C@](C)(O)C(F)(F)F)cn2C)ccc1F. The van der Waals surface area contributed by atoms with Gasteiger partial charge >= 0.3 is 6.18 Å². The number of sulfonamides is 1. The third-order valence-electron chi connectivity index (χ3n) is 3.82. The standard InChI is InChI=1S/C16H17F4N3O4S/c1-9-6-10(4-5-12(9)17)21-14(24)13-7-11(8-23(13)3)28(26,27)22-15(2,25)16(18,19)20/h4-8,22,25H,1-3H3,(H,21,24)/t15-/m1/s1.